The monoisotopic (exact) mass is 327 g/mol. The number of nitro groups is 1. The number of rotatable bonds is 6. The van der Waals surface area contributed by atoms with E-state index in [-0.39, 0.29) is 5.69 Å². The van der Waals surface area contributed by atoms with Crippen LogP contribution >= 0.6 is 0 Å². The van der Waals surface area contributed by atoms with Crippen LogP contribution in [0.4, 0.5) is 11.4 Å². The van der Waals surface area contributed by atoms with Gasteiger partial charge in [-0.3, -0.25) is 15.5 Å². The van der Waals surface area contributed by atoms with E-state index in [1.165, 1.54) is 12.1 Å². The summed E-state index contributed by atoms with van der Waals surface area (Å²) in [5, 5.41) is 14.9. The summed E-state index contributed by atoms with van der Waals surface area (Å²) in [4.78, 5) is 10.2. The van der Waals surface area contributed by atoms with Gasteiger partial charge < -0.3 is 4.74 Å². The van der Waals surface area contributed by atoms with Crippen molar-refractivity contribution in [1.29, 1.82) is 0 Å². The maximum atomic E-state index is 10.6. The highest BCUT2D eigenvalue weighted by Gasteiger charge is 2.10. The number of hydrogen-bond donors (Lipinski definition) is 1. The first-order valence-corrected chi connectivity index (χ1v) is 7.64. The highest BCUT2D eigenvalue weighted by molar-refractivity contribution is 5.83. The van der Waals surface area contributed by atoms with Crippen molar-refractivity contribution in [3.63, 3.8) is 0 Å². The van der Waals surface area contributed by atoms with Crippen molar-refractivity contribution < 1.29 is 9.66 Å². The van der Waals surface area contributed by atoms with E-state index in [1.54, 1.807) is 25.5 Å². The average Bonchev–Trinajstić information content (AvgIpc) is 2.56. The normalized spacial score (nSPS) is 11.0. The van der Waals surface area contributed by atoms with Gasteiger partial charge in [-0.05, 0) is 53.8 Å². The fourth-order valence-corrected chi connectivity index (χ4v) is 2.32. The molecule has 0 aromatic heterocycles. The quantitative estimate of drug-likeness (QED) is 0.482. The maximum Gasteiger partial charge on any atom is 0.269 e. The minimum Gasteiger partial charge on any atom is -0.496 e. The number of aryl methyl sites for hydroxylation is 1. The molecule has 0 radical (unpaired) electrons. The van der Waals surface area contributed by atoms with Crippen molar-refractivity contribution in [3.8, 4) is 5.75 Å². The molecule has 0 unspecified atom stereocenters. The molecule has 0 fully saturated rings. The lowest BCUT2D eigenvalue weighted by Gasteiger charge is -2.14. The lowest BCUT2D eigenvalue weighted by atomic mass is 9.97. The molecule has 0 amide bonds. The Morgan fingerprint density at radius 1 is 1.25 bits per heavy atom. The Balaban J connectivity index is 2.16. The molecule has 2 rings (SSSR count). The highest BCUT2D eigenvalue weighted by Crippen LogP contribution is 2.29. The minimum absolute atomic E-state index is 0.0529. The van der Waals surface area contributed by atoms with Crippen molar-refractivity contribution in [1.82, 2.24) is 0 Å². The molecule has 0 aliphatic carbocycles. The highest BCUT2D eigenvalue weighted by atomic mass is 16.6. The van der Waals surface area contributed by atoms with E-state index in [0.29, 0.717) is 11.6 Å². The first-order chi connectivity index (χ1) is 11.4. The van der Waals surface area contributed by atoms with Crippen LogP contribution in [-0.4, -0.2) is 18.2 Å². The maximum absolute atomic E-state index is 10.6. The Labute approximate surface area is 141 Å². The van der Waals surface area contributed by atoms with Crippen molar-refractivity contribution in [2.24, 2.45) is 5.10 Å². The van der Waals surface area contributed by atoms with Crippen LogP contribution in [0.5, 0.6) is 5.75 Å². The zero-order valence-electron chi connectivity index (χ0n) is 14.2. The van der Waals surface area contributed by atoms with Crippen molar-refractivity contribution >= 4 is 17.6 Å². The Morgan fingerprint density at radius 3 is 2.46 bits per heavy atom. The fraction of sp³-hybridized carbons (Fsp3) is 0.278. The van der Waals surface area contributed by atoms with Crippen LogP contribution < -0.4 is 10.2 Å². The summed E-state index contributed by atoms with van der Waals surface area (Å²) >= 11 is 0. The SMILES string of the molecule is COc1cc(C)c(/C=N/Nc2ccc([N+](=O)[O-])cc2)cc1C(C)C. The molecule has 1 N–H and O–H groups in total. The molecule has 0 aliphatic heterocycles. The van der Waals surface area contributed by atoms with Crippen LogP contribution in [0.3, 0.4) is 0 Å². The summed E-state index contributed by atoms with van der Waals surface area (Å²) in [6, 6.07) is 10.2. The van der Waals surface area contributed by atoms with E-state index >= 15 is 0 Å². The number of nitro benzene ring substituents is 1. The summed E-state index contributed by atoms with van der Waals surface area (Å²) in [5.41, 5.74) is 6.80. The number of anilines is 1. The van der Waals surface area contributed by atoms with E-state index < -0.39 is 4.92 Å². The Bertz CT molecular complexity index is 753. The average molecular weight is 327 g/mol. The van der Waals surface area contributed by atoms with Crippen molar-refractivity contribution in [2.75, 3.05) is 12.5 Å². The Morgan fingerprint density at radius 2 is 1.92 bits per heavy atom. The van der Waals surface area contributed by atoms with E-state index in [4.69, 9.17) is 4.74 Å². The second-order valence-corrected chi connectivity index (χ2v) is 5.78. The van der Waals surface area contributed by atoms with Crippen LogP contribution in [0.2, 0.25) is 0 Å². The predicted octanol–water partition coefficient (Wildman–Crippen LogP) is 4.48. The molecular formula is C18H21N3O3. The van der Waals surface area contributed by atoms with Gasteiger partial charge in [0.15, 0.2) is 0 Å². The van der Waals surface area contributed by atoms with Crippen LogP contribution in [-0.2, 0) is 0 Å². The molecule has 0 saturated heterocycles. The molecule has 0 heterocycles. The van der Waals surface area contributed by atoms with E-state index in [2.05, 4.69) is 30.4 Å². The number of benzene rings is 2. The third-order valence-electron chi connectivity index (χ3n) is 3.72. The van der Waals surface area contributed by atoms with Gasteiger partial charge in [0.1, 0.15) is 5.75 Å². The van der Waals surface area contributed by atoms with Crippen molar-refractivity contribution in [3.05, 3.63) is 63.2 Å². The lowest BCUT2D eigenvalue weighted by Crippen LogP contribution is -1.99. The second-order valence-electron chi connectivity index (χ2n) is 5.78. The third kappa shape index (κ3) is 4.10. The second kappa shape index (κ2) is 7.59. The molecule has 6 heteroatoms. The van der Waals surface area contributed by atoms with Crippen LogP contribution in [0.15, 0.2) is 41.5 Å². The molecule has 0 spiro atoms. The standard InChI is InChI=1S/C18H21N3O3/c1-12(2)17-10-14(13(3)9-18(17)24-4)11-19-20-15-5-7-16(8-6-15)21(22)23/h5-12,20H,1-4H3/b19-11+. The molecule has 0 saturated carbocycles. The molecule has 0 atom stereocenters. The topological polar surface area (TPSA) is 76.8 Å². The molecule has 24 heavy (non-hydrogen) atoms. The Hall–Kier alpha value is -2.89. The summed E-state index contributed by atoms with van der Waals surface area (Å²) < 4.78 is 5.43. The van der Waals surface area contributed by atoms with Gasteiger partial charge in [-0.25, -0.2) is 0 Å². The molecule has 0 bridgehead atoms. The summed E-state index contributed by atoms with van der Waals surface area (Å²) in [5.74, 6) is 1.22. The van der Waals surface area contributed by atoms with Gasteiger partial charge in [0.2, 0.25) is 0 Å². The molecule has 2 aromatic rings. The molecule has 6 nitrogen and oxygen atoms in total. The number of hydrazone groups is 1. The number of methoxy groups -OCH3 is 1. The zero-order valence-corrected chi connectivity index (χ0v) is 14.2. The third-order valence-corrected chi connectivity index (χ3v) is 3.72. The van der Waals surface area contributed by atoms with Crippen molar-refractivity contribution in [2.45, 2.75) is 26.7 Å². The number of ether oxygens (including phenoxy) is 1. The summed E-state index contributed by atoms with van der Waals surface area (Å²) in [6.45, 7) is 6.23. The number of nitrogens with one attached hydrogen (secondary N) is 1. The molecule has 0 aliphatic rings. The van der Waals surface area contributed by atoms with Crippen LogP contribution in [0.1, 0.15) is 36.5 Å². The summed E-state index contributed by atoms with van der Waals surface area (Å²) in [6.07, 6.45) is 1.74. The number of nitrogens with zero attached hydrogens (tertiary/aromatic N) is 2. The van der Waals surface area contributed by atoms with Gasteiger partial charge in [0, 0.05) is 12.1 Å². The van der Waals surface area contributed by atoms with Gasteiger partial charge in [0.25, 0.3) is 5.69 Å². The zero-order chi connectivity index (χ0) is 17.7. The van der Waals surface area contributed by atoms with Crippen LogP contribution in [0, 0.1) is 17.0 Å². The lowest BCUT2D eigenvalue weighted by molar-refractivity contribution is -0.384. The molecule has 126 valence electrons. The fourth-order valence-electron chi connectivity index (χ4n) is 2.32. The summed E-state index contributed by atoms with van der Waals surface area (Å²) in [7, 11) is 1.67. The Kier molecular flexibility index (Phi) is 5.52. The van der Waals surface area contributed by atoms with Gasteiger partial charge in [-0.2, -0.15) is 5.10 Å². The smallest absolute Gasteiger partial charge is 0.269 e. The number of hydrogen-bond acceptors (Lipinski definition) is 5. The predicted molar refractivity (Wildman–Crippen MR) is 96.1 cm³/mol. The van der Waals surface area contributed by atoms with E-state index in [0.717, 1.165) is 22.4 Å². The largest absolute Gasteiger partial charge is 0.496 e. The van der Waals surface area contributed by atoms with Gasteiger partial charge in [-0.15, -0.1) is 0 Å². The number of non-ortho nitro benzene ring substituents is 1. The van der Waals surface area contributed by atoms with E-state index in [9.17, 15) is 10.1 Å². The first kappa shape index (κ1) is 17.5. The van der Waals surface area contributed by atoms with Crippen LogP contribution in [0.25, 0.3) is 0 Å². The minimum atomic E-state index is -0.429. The van der Waals surface area contributed by atoms with Gasteiger partial charge in [0.05, 0.1) is 23.9 Å². The van der Waals surface area contributed by atoms with Gasteiger partial charge >= 0.3 is 0 Å². The first-order valence-electron chi connectivity index (χ1n) is 7.64. The molecule has 2 aromatic carbocycles. The van der Waals surface area contributed by atoms with E-state index in [1.807, 2.05) is 13.0 Å². The molecular weight excluding hydrogens is 306 g/mol. The van der Waals surface area contributed by atoms with Gasteiger partial charge in [-0.1, -0.05) is 13.8 Å².